The van der Waals surface area contributed by atoms with Gasteiger partial charge in [0.05, 0.1) is 37.0 Å². The Labute approximate surface area is 156 Å². The third-order valence-corrected chi connectivity index (χ3v) is 5.53. The van der Waals surface area contributed by atoms with Crippen molar-refractivity contribution in [1.29, 1.82) is 0 Å². The second-order valence-electron chi connectivity index (χ2n) is 7.20. The van der Waals surface area contributed by atoms with Crippen LogP contribution in [0.5, 0.6) is 0 Å². The molecule has 8 heteroatoms. The van der Waals surface area contributed by atoms with Crippen LogP contribution >= 0.6 is 0 Å². The van der Waals surface area contributed by atoms with E-state index >= 15 is 0 Å². The molecule has 146 valence electrons. The van der Waals surface area contributed by atoms with E-state index in [0.29, 0.717) is 62.4 Å². The zero-order chi connectivity index (χ0) is 19.0. The van der Waals surface area contributed by atoms with Crippen molar-refractivity contribution in [3.63, 3.8) is 0 Å². The maximum atomic E-state index is 13.9. The number of amides is 1. The van der Waals surface area contributed by atoms with Gasteiger partial charge in [-0.05, 0) is 18.6 Å². The van der Waals surface area contributed by atoms with Crippen molar-refractivity contribution in [2.24, 2.45) is 0 Å². The molecule has 1 aromatic heterocycles. The summed E-state index contributed by atoms with van der Waals surface area (Å²) < 4.78 is 19.3. The maximum Gasteiger partial charge on any atom is 0.270 e. The normalized spacial score (nSPS) is 27.7. The van der Waals surface area contributed by atoms with Gasteiger partial charge in [0.2, 0.25) is 0 Å². The number of aromatic nitrogens is 1. The average molecular weight is 377 g/mol. The number of rotatable bonds is 2. The number of ether oxygens (including phenoxy) is 1. The van der Waals surface area contributed by atoms with Crippen LogP contribution in [0.3, 0.4) is 0 Å². The average Bonchev–Trinajstić information content (AvgIpc) is 3.07. The number of halogens is 1. The van der Waals surface area contributed by atoms with E-state index in [0.717, 1.165) is 0 Å². The van der Waals surface area contributed by atoms with Gasteiger partial charge < -0.3 is 24.8 Å². The number of aromatic amines is 1. The van der Waals surface area contributed by atoms with Gasteiger partial charge in [0.25, 0.3) is 5.91 Å². The lowest BCUT2D eigenvalue weighted by Gasteiger charge is -2.38. The van der Waals surface area contributed by atoms with Crippen molar-refractivity contribution in [1.82, 2.24) is 14.8 Å². The van der Waals surface area contributed by atoms with Crippen molar-refractivity contribution in [2.75, 3.05) is 39.4 Å². The Balaban J connectivity index is 1.58. The highest BCUT2D eigenvalue weighted by Crippen LogP contribution is 2.23. The quantitative estimate of drug-likeness (QED) is 0.712. The molecule has 7 nitrogen and oxygen atoms in total. The largest absolute Gasteiger partial charge is 0.390 e. The van der Waals surface area contributed by atoms with E-state index in [1.165, 1.54) is 6.07 Å². The minimum atomic E-state index is -0.930. The van der Waals surface area contributed by atoms with Crippen molar-refractivity contribution >= 4 is 16.8 Å². The Morgan fingerprint density at radius 3 is 2.74 bits per heavy atom. The number of H-pyrrole nitrogens is 1. The highest BCUT2D eigenvalue weighted by atomic mass is 19.1. The van der Waals surface area contributed by atoms with E-state index in [1.54, 1.807) is 23.1 Å². The van der Waals surface area contributed by atoms with Crippen LogP contribution in [0.1, 0.15) is 16.9 Å². The second-order valence-corrected chi connectivity index (χ2v) is 7.20. The van der Waals surface area contributed by atoms with Crippen molar-refractivity contribution in [2.45, 2.75) is 24.7 Å². The van der Waals surface area contributed by atoms with E-state index in [9.17, 15) is 19.4 Å². The topological polar surface area (TPSA) is 89.0 Å². The molecule has 1 aromatic carbocycles. The number of carbonyl (C=O) groups excluding carboxylic acids is 1. The summed E-state index contributed by atoms with van der Waals surface area (Å²) >= 11 is 0. The smallest absolute Gasteiger partial charge is 0.270 e. The first kappa shape index (κ1) is 18.4. The second kappa shape index (κ2) is 7.55. The van der Waals surface area contributed by atoms with Crippen LogP contribution in [0.4, 0.5) is 4.39 Å². The summed E-state index contributed by atoms with van der Waals surface area (Å²) in [6.45, 7) is 3.05. The Morgan fingerprint density at radius 2 is 2.00 bits per heavy atom. The molecule has 0 radical (unpaired) electrons. The molecule has 2 fully saturated rings. The predicted molar refractivity (Wildman–Crippen MR) is 97.0 cm³/mol. The molecule has 3 heterocycles. The number of hydrogen-bond donors (Lipinski definition) is 3. The monoisotopic (exact) mass is 377 g/mol. The number of aliphatic hydroxyl groups excluding tert-OH is 2. The number of likely N-dealkylation sites (tertiary alicyclic amines) is 1. The van der Waals surface area contributed by atoms with E-state index in [4.69, 9.17) is 4.74 Å². The number of nitrogens with zero attached hydrogens (tertiary/aromatic N) is 2. The third-order valence-electron chi connectivity index (χ3n) is 5.53. The number of carbonyl (C=O) groups is 1. The fraction of sp³-hybridized carbons (Fsp3) is 0.526. The first-order valence-electron chi connectivity index (χ1n) is 9.29. The molecule has 1 amide bonds. The highest BCUT2D eigenvalue weighted by Gasteiger charge is 2.37. The summed E-state index contributed by atoms with van der Waals surface area (Å²) in [6.07, 6.45) is -1.53. The molecule has 0 aliphatic carbocycles. The number of benzene rings is 1. The summed E-state index contributed by atoms with van der Waals surface area (Å²) in [5.41, 5.74) is 0.613. The third kappa shape index (κ3) is 3.58. The Bertz CT molecular complexity index is 820. The van der Waals surface area contributed by atoms with Gasteiger partial charge in [0.15, 0.2) is 0 Å². The molecule has 2 saturated heterocycles. The zero-order valence-electron chi connectivity index (χ0n) is 15.0. The van der Waals surface area contributed by atoms with E-state index in [2.05, 4.69) is 9.88 Å². The van der Waals surface area contributed by atoms with Gasteiger partial charge in [-0.3, -0.25) is 9.69 Å². The molecule has 0 unspecified atom stereocenters. The lowest BCUT2D eigenvalue weighted by Crippen LogP contribution is -2.55. The highest BCUT2D eigenvalue weighted by molar-refractivity contribution is 5.98. The Morgan fingerprint density at radius 1 is 1.22 bits per heavy atom. The lowest BCUT2D eigenvalue weighted by atomic mass is 10.0. The van der Waals surface area contributed by atoms with Crippen LogP contribution in [0, 0.1) is 5.82 Å². The summed E-state index contributed by atoms with van der Waals surface area (Å²) in [5, 5.41) is 21.5. The van der Waals surface area contributed by atoms with Gasteiger partial charge in [-0.2, -0.15) is 0 Å². The van der Waals surface area contributed by atoms with E-state index < -0.39 is 18.0 Å². The molecular weight excluding hydrogens is 353 g/mol. The molecule has 3 N–H and O–H groups in total. The van der Waals surface area contributed by atoms with Crippen LogP contribution in [0.15, 0.2) is 24.3 Å². The van der Waals surface area contributed by atoms with E-state index in [1.807, 2.05) is 0 Å². The Hall–Kier alpha value is -2.00. The molecule has 2 aromatic rings. The number of para-hydroxylation sites is 1. The minimum Gasteiger partial charge on any atom is -0.390 e. The van der Waals surface area contributed by atoms with Gasteiger partial charge in [-0.25, -0.2) is 4.39 Å². The predicted octanol–water partition coefficient (Wildman–Crippen LogP) is 0.576. The first-order valence-corrected chi connectivity index (χ1v) is 9.29. The number of nitrogens with one attached hydrogen (secondary N) is 1. The van der Waals surface area contributed by atoms with Crippen LogP contribution in [-0.2, 0) is 4.74 Å². The van der Waals surface area contributed by atoms with E-state index in [-0.39, 0.29) is 11.9 Å². The van der Waals surface area contributed by atoms with Crippen LogP contribution in [0.25, 0.3) is 10.9 Å². The van der Waals surface area contributed by atoms with Crippen molar-refractivity contribution in [3.8, 4) is 0 Å². The van der Waals surface area contributed by atoms with Gasteiger partial charge in [-0.15, -0.1) is 0 Å². The minimum absolute atomic E-state index is 0.259. The molecule has 27 heavy (non-hydrogen) atoms. The maximum absolute atomic E-state index is 13.9. The molecule has 2 aliphatic heterocycles. The van der Waals surface area contributed by atoms with Gasteiger partial charge in [0, 0.05) is 31.6 Å². The molecule has 3 atom stereocenters. The van der Waals surface area contributed by atoms with Crippen LogP contribution in [0.2, 0.25) is 0 Å². The van der Waals surface area contributed by atoms with Gasteiger partial charge in [0.1, 0.15) is 11.5 Å². The molecule has 0 bridgehead atoms. The van der Waals surface area contributed by atoms with Gasteiger partial charge >= 0.3 is 0 Å². The van der Waals surface area contributed by atoms with Crippen LogP contribution in [-0.4, -0.2) is 88.5 Å². The summed E-state index contributed by atoms with van der Waals surface area (Å²) in [5.74, 6) is -0.662. The standard InChI is InChI=1S/C19H24FN3O4/c20-13-3-1-2-12-10-14(21-17(12)13)19(26)23-5-4-16(24)18(25)15(11-23)22-6-8-27-9-7-22/h1-3,10,15-16,18,21,24-25H,4-9,11H2/t15-,16-,18+/m1/s1. The number of hydrogen-bond acceptors (Lipinski definition) is 5. The zero-order valence-corrected chi connectivity index (χ0v) is 15.0. The molecule has 2 aliphatic rings. The number of fused-ring (bicyclic) bond motifs is 1. The van der Waals surface area contributed by atoms with Gasteiger partial charge in [-0.1, -0.05) is 12.1 Å². The SMILES string of the molecule is O=C(c1cc2cccc(F)c2[nH]1)N1CC[C@@H](O)[C@@H](O)[C@H](N2CCOCC2)C1. The number of aliphatic hydroxyl groups is 2. The fourth-order valence-electron chi connectivity index (χ4n) is 3.97. The molecule has 0 spiro atoms. The van der Waals surface area contributed by atoms with Crippen LogP contribution < -0.4 is 0 Å². The van der Waals surface area contributed by atoms with Crippen molar-refractivity contribution in [3.05, 3.63) is 35.8 Å². The fourth-order valence-corrected chi connectivity index (χ4v) is 3.97. The summed E-state index contributed by atoms with van der Waals surface area (Å²) in [7, 11) is 0. The molecule has 4 rings (SSSR count). The molecule has 0 saturated carbocycles. The molecular formula is C19H24FN3O4. The summed E-state index contributed by atoms with van der Waals surface area (Å²) in [6, 6.07) is 5.98. The van der Waals surface area contributed by atoms with Crippen molar-refractivity contribution < 1.29 is 24.1 Å². The Kier molecular flexibility index (Phi) is 5.14. The summed E-state index contributed by atoms with van der Waals surface area (Å²) in [4.78, 5) is 19.6. The number of morpholine rings is 1. The first-order chi connectivity index (χ1) is 13.0. The lowest BCUT2D eigenvalue weighted by molar-refractivity contribution is -0.0609.